The lowest BCUT2D eigenvalue weighted by Gasteiger charge is -2.12. The van der Waals surface area contributed by atoms with Crippen molar-refractivity contribution >= 4 is 38.0 Å². The van der Waals surface area contributed by atoms with E-state index in [0.29, 0.717) is 24.0 Å². The molecule has 0 aliphatic carbocycles. The van der Waals surface area contributed by atoms with Crippen LogP contribution in [0.4, 0.5) is 0 Å². The number of benzene rings is 3. The minimum atomic E-state index is -0.294. The lowest BCUT2D eigenvalue weighted by atomic mass is 10.0. The van der Waals surface area contributed by atoms with Gasteiger partial charge in [0.25, 0.3) is 5.56 Å². The van der Waals surface area contributed by atoms with Gasteiger partial charge < -0.3 is 9.64 Å². The van der Waals surface area contributed by atoms with Gasteiger partial charge in [0.05, 0.1) is 23.5 Å². The molecule has 29 heavy (non-hydrogen) atoms. The fourth-order valence-electron chi connectivity index (χ4n) is 4.29. The van der Waals surface area contributed by atoms with E-state index in [0.717, 1.165) is 32.8 Å². The molecular weight excluding hydrogens is 366 g/mol. The monoisotopic (exact) mass is 387 g/mol. The zero-order chi connectivity index (χ0) is 20.3. The van der Waals surface area contributed by atoms with Crippen LogP contribution in [0.2, 0.25) is 0 Å². The third-order valence-corrected chi connectivity index (χ3v) is 5.66. The van der Waals surface area contributed by atoms with E-state index in [1.54, 1.807) is 17.6 Å². The highest BCUT2D eigenvalue weighted by Gasteiger charge is 2.20. The average Bonchev–Trinajstić information content (AvgIpc) is 3.07. The maximum atomic E-state index is 13.4. The predicted octanol–water partition coefficient (Wildman–Crippen LogP) is 2.93. The lowest BCUT2D eigenvalue weighted by molar-refractivity contribution is 0.376. The Balaban J connectivity index is 2.01. The Labute approximate surface area is 166 Å². The van der Waals surface area contributed by atoms with Crippen molar-refractivity contribution in [3.8, 4) is 5.75 Å². The molecule has 0 aliphatic heterocycles. The van der Waals surface area contributed by atoms with Crippen LogP contribution in [-0.2, 0) is 6.54 Å². The topological polar surface area (TPSA) is 56.0 Å². The molecule has 0 atom stereocenters. The van der Waals surface area contributed by atoms with Crippen LogP contribution >= 0.6 is 0 Å². The summed E-state index contributed by atoms with van der Waals surface area (Å²) in [5, 5.41) is 4.42. The number of aromatic nitrogens is 2. The highest BCUT2D eigenvalue weighted by molar-refractivity contribution is 6.23. The maximum absolute atomic E-state index is 13.4. The third kappa shape index (κ3) is 2.39. The lowest BCUT2D eigenvalue weighted by Crippen LogP contribution is -2.39. The Morgan fingerprint density at radius 2 is 1.62 bits per heavy atom. The summed E-state index contributed by atoms with van der Waals surface area (Å²) in [4.78, 5) is 28.5. The van der Waals surface area contributed by atoms with Gasteiger partial charge >= 0.3 is 5.69 Å². The molecule has 6 nitrogen and oxygen atoms in total. The molecule has 3 aromatic carbocycles. The molecule has 0 N–H and O–H groups in total. The Morgan fingerprint density at radius 1 is 0.897 bits per heavy atom. The van der Waals surface area contributed by atoms with Crippen molar-refractivity contribution in [1.82, 2.24) is 13.9 Å². The first-order chi connectivity index (χ1) is 14.0. The first-order valence-corrected chi connectivity index (χ1v) is 9.56. The Kier molecular flexibility index (Phi) is 3.86. The molecule has 0 bridgehead atoms. The van der Waals surface area contributed by atoms with Gasteiger partial charge in [0, 0.05) is 29.2 Å². The maximum Gasteiger partial charge on any atom is 0.336 e. The van der Waals surface area contributed by atoms with Crippen LogP contribution in [0, 0.1) is 0 Å². The summed E-state index contributed by atoms with van der Waals surface area (Å²) in [6.07, 6.45) is 0. The summed E-state index contributed by atoms with van der Waals surface area (Å²) < 4.78 is 8.56. The highest BCUT2D eigenvalue weighted by Crippen LogP contribution is 2.37. The molecule has 0 saturated heterocycles. The molecule has 6 heteroatoms. The number of hydrogen-bond acceptors (Lipinski definition) is 4. The molecule has 0 unspecified atom stereocenters. The third-order valence-electron chi connectivity index (χ3n) is 5.66. The van der Waals surface area contributed by atoms with Crippen molar-refractivity contribution in [2.24, 2.45) is 0 Å². The smallest absolute Gasteiger partial charge is 0.336 e. The van der Waals surface area contributed by atoms with Gasteiger partial charge in [-0.3, -0.25) is 13.8 Å². The van der Waals surface area contributed by atoms with Crippen LogP contribution in [-0.4, -0.2) is 41.6 Å². The molecule has 0 radical (unpaired) electrons. The van der Waals surface area contributed by atoms with Crippen molar-refractivity contribution < 1.29 is 4.74 Å². The molecule has 0 spiro atoms. The van der Waals surface area contributed by atoms with Crippen LogP contribution in [0.5, 0.6) is 5.75 Å². The van der Waals surface area contributed by atoms with E-state index in [1.165, 1.54) is 4.57 Å². The minimum absolute atomic E-state index is 0.236. The second-order valence-corrected chi connectivity index (χ2v) is 7.59. The summed E-state index contributed by atoms with van der Waals surface area (Å²) >= 11 is 0. The summed E-state index contributed by atoms with van der Waals surface area (Å²) in [6, 6.07) is 15.5. The molecule has 2 aromatic heterocycles. The number of hydrogen-bond donors (Lipinski definition) is 0. The van der Waals surface area contributed by atoms with Gasteiger partial charge in [-0.05, 0) is 43.7 Å². The summed E-state index contributed by atoms with van der Waals surface area (Å²) in [6.45, 7) is 0.962. The fourth-order valence-corrected chi connectivity index (χ4v) is 4.29. The molecule has 0 saturated carbocycles. The molecule has 0 aliphatic rings. The Bertz CT molecular complexity index is 1510. The van der Waals surface area contributed by atoms with E-state index in [4.69, 9.17) is 4.74 Å². The van der Waals surface area contributed by atoms with E-state index in [9.17, 15) is 9.59 Å². The number of rotatable bonds is 4. The number of fused-ring (bicyclic) bond motifs is 5. The van der Waals surface area contributed by atoms with Crippen molar-refractivity contribution in [1.29, 1.82) is 0 Å². The molecular formula is C23H21N3O3. The van der Waals surface area contributed by atoms with Crippen molar-refractivity contribution in [3.05, 3.63) is 69.4 Å². The molecule has 0 amide bonds. The number of ether oxygens (including phenoxy) is 1. The molecule has 0 fully saturated rings. The standard InChI is InChI=1S/C23H21N3O3/c1-24(2)12-13-25-22(27)17-8-4-7-16-20-15-6-5-9-19(29-3)14(15)10-11-18(20)26(21(16)17)23(25)28/h4-11H,12-13H2,1-3H3. The molecule has 146 valence electrons. The second kappa shape index (κ2) is 6.32. The SMILES string of the molecule is COc1cccc2c1ccc1c2c2cccc3c(=O)n(CCN(C)C)c(=O)n1c32. The normalized spacial score (nSPS) is 12.1. The van der Waals surface area contributed by atoms with E-state index < -0.39 is 0 Å². The van der Waals surface area contributed by atoms with E-state index in [1.807, 2.05) is 61.5 Å². The van der Waals surface area contributed by atoms with Crippen LogP contribution in [0.15, 0.2) is 58.1 Å². The Morgan fingerprint density at radius 3 is 2.38 bits per heavy atom. The highest BCUT2D eigenvalue weighted by atomic mass is 16.5. The molecule has 5 rings (SSSR count). The number of likely N-dealkylation sites (N-methyl/N-ethyl adjacent to an activating group) is 1. The molecule has 5 aromatic rings. The van der Waals surface area contributed by atoms with Gasteiger partial charge in [0.15, 0.2) is 0 Å². The zero-order valence-electron chi connectivity index (χ0n) is 16.6. The quantitative estimate of drug-likeness (QED) is 0.476. The van der Waals surface area contributed by atoms with Crippen molar-refractivity contribution in [2.45, 2.75) is 6.54 Å². The van der Waals surface area contributed by atoms with E-state index >= 15 is 0 Å². The van der Waals surface area contributed by atoms with Gasteiger partial charge in [-0.1, -0.05) is 24.3 Å². The number of methoxy groups -OCH3 is 1. The largest absolute Gasteiger partial charge is 0.496 e. The Hall–Kier alpha value is -3.38. The number of para-hydroxylation sites is 1. The summed E-state index contributed by atoms with van der Waals surface area (Å²) in [5.41, 5.74) is 0.965. The van der Waals surface area contributed by atoms with Gasteiger partial charge in [0.1, 0.15) is 5.75 Å². The summed E-state index contributed by atoms with van der Waals surface area (Å²) in [7, 11) is 5.50. The van der Waals surface area contributed by atoms with Crippen LogP contribution in [0.3, 0.4) is 0 Å². The van der Waals surface area contributed by atoms with Gasteiger partial charge in [-0.25, -0.2) is 4.79 Å². The average molecular weight is 387 g/mol. The van der Waals surface area contributed by atoms with E-state index in [-0.39, 0.29) is 11.2 Å². The zero-order valence-corrected chi connectivity index (χ0v) is 16.6. The van der Waals surface area contributed by atoms with Gasteiger partial charge in [0.2, 0.25) is 0 Å². The minimum Gasteiger partial charge on any atom is -0.496 e. The van der Waals surface area contributed by atoms with Crippen LogP contribution in [0.1, 0.15) is 0 Å². The van der Waals surface area contributed by atoms with Gasteiger partial charge in [-0.2, -0.15) is 0 Å². The number of nitrogens with zero attached hydrogens (tertiary/aromatic N) is 3. The second-order valence-electron chi connectivity index (χ2n) is 7.59. The summed E-state index contributed by atoms with van der Waals surface area (Å²) in [5.74, 6) is 0.784. The van der Waals surface area contributed by atoms with Gasteiger partial charge in [-0.15, -0.1) is 0 Å². The van der Waals surface area contributed by atoms with Crippen LogP contribution in [0.25, 0.3) is 38.0 Å². The first kappa shape index (κ1) is 17.7. The predicted molar refractivity (Wildman–Crippen MR) is 117 cm³/mol. The van der Waals surface area contributed by atoms with Crippen molar-refractivity contribution in [3.63, 3.8) is 0 Å². The van der Waals surface area contributed by atoms with Crippen LogP contribution < -0.4 is 16.0 Å². The first-order valence-electron chi connectivity index (χ1n) is 9.56. The van der Waals surface area contributed by atoms with Crippen molar-refractivity contribution in [2.75, 3.05) is 27.7 Å². The molecule has 2 heterocycles. The van der Waals surface area contributed by atoms with E-state index in [2.05, 4.69) is 0 Å². The fraction of sp³-hybridized carbons (Fsp3) is 0.217.